The van der Waals surface area contributed by atoms with Gasteiger partial charge in [-0.2, -0.15) is 4.98 Å². The number of aromatic nitrogens is 2. The molecule has 0 fully saturated rings. The molecule has 0 unspecified atom stereocenters. The summed E-state index contributed by atoms with van der Waals surface area (Å²) in [5.41, 5.74) is 2.82. The van der Waals surface area contributed by atoms with Gasteiger partial charge in [0.15, 0.2) is 5.82 Å². The van der Waals surface area contributed by atoms with E-state index in [-0.39, 0.29) is 11.9 Å². The summed E-state index contributed by atoms with van der Waals surface area (Å²) in [5, 5.41) is 10.3. The van der Waals surface area contributed by atoms with E-state index in [0.717, 1.165) is 38.0 Å². The van der Waals surface area contributed by atoms with Crippen molar-refractivity contribution in [2.24, 2.45) is 0 Å². The van der Waals surface area contributed by atoms with Crippen molar-refractivity contribution in [1.29, 1.82) is 0 Å². The number of aryl methyl sites for hydroxylation is 1. The van der Waals surface area contributed by atoms with Gasteiger partial charge in [-0.05, 0) is 81.7 Å². The largest absolute Gasteiger partial charge is 0.495 e. The van der Waals surface area contributed by atoms with Gasteiger partial charge >= 0.3 is 0 Å². The zero-order valence-corrected chi connectivity index (χ0v) is 25.4. The van der Waals surface area contributed by atoms with E-state index < -0.39 is 7.14 Å². The Hall–Kier alpha value is -3.39. The third-order valence-electron chi connectivity index (χ3n) is 6.41. The number of carbonyl (C=O) groups is 1. The number of halogens is 1. The van der Waals surface area contributed by atoms with Gasteiger partial charge in [0.1, 0.15) is 17.9 Å². The normalized spacial score (nSPS) is 11.3. The molecule has 0 radical (unpaired) electrons. The third-order valence-corrected chi connectivity index (χ3v) is 8.24. The lowest BCUT2D eigenvalue weighted by Crippen LogP contribution is -2.24. The van der Waals surface area contributed by atoms with Gasteiger partial charge in [-0.25, -0.2) is 4.98 Å². The number of para-hydroxylation sites is 1. The van der Waals surface area contributed by atoms with E-state index in [9.17, 15) is 9.36 Å². The zero-order valence-electron chi connectivity index (χ0n) is 23.8. The molecule has 0 saturated heterocycles. The fourth-order valence-corrected chi connectivity index (χ4v) is 5.53. The van der Waals surface area contributed by atoms with Crippen LogP contribution >= 0.6 is 18.7 Å². The van der Waals surface area contributed by atoms with Crippen molar-refractivity contribution in [3.63, 3.8) is 0 Å². The van der Waals surface area contributed by atoms with Crippen LogP contribution in [0.1, 0.15) is 25.8 Å². The molecule has 1 amide bonds. The molecule has 2 aromatic carbocycles. The van der Waals surface area contributed by atoms with Crippen LogP contribution in [0.3, 0.4) is 0 Å². The van der Waals surface area contributed by atoms with Crippen LogP contribution in [0.15, 0.2) is 55.3 Å². The number of benzene rings is 2. The molecule has 1 heterocycles. The van der Waals surface area contributed by atoms with E-state index in [0.29, 0.717) is 39.0 Å². The van der Waals surface area contributed by atoms with Crippen molar-refractivity contribution >= 4 is 58.8 Å². The van der Waals surface area contributed by atoms with Crippen LogP contribution in [0.2, 0.25) is 5.02 Å². The summed E-state index contributed by atoms with van der Waals surface area (Å²) in [6, 6.07) is 11.1. The maximum Gasteiger partial charge on any atom is 0.247 e. The molecule has 0 atom stereocenters. The van der Waals surface area contributed by atoms with Crippen LogP contribution < -0.4 is 26.0 Å². The van der Waals surface area contributed by atoms with Crippen LogP contribution in [-0.2, 0) is 15.8 Å². The molecule has 40 heavy (non-hydrogen) atoms. The number of hydrogen-bond acceptors (Lipinski definition) is 8. The number of anilines is 5. The summed E-state index contributed by atoms with van der Waals surface area (Å²) in [5.74, 6) is 0.880. The van der Waals surface area contributed by atoms with E-state index in [1.54, 1.807) is 26.5 Å². The number of nitrogens with zero attached hydrogens (tertiary/aromatic N) is 3. The van der Waals surface area contributed by atoms with Gasteiger partial charge in [-0.1, -0.05) is 44.2 Å². The molecule has 3 rings (SSSR count). The molecule has 0 bridgehead atoms. The Bertz CT molecular complexity index is 1390. The average molecular weight is 585 g/mol. The summed E-state index contributed by atoms with van der Waals surface area (Å²) >= 11 is 6.42. The highest BCUT2D eigenvalue weighted by Gasteiger charge is 2.18. The molecule has 214 valence electrons. The van der Waals surface area contributed by atoms with E-state index in [1.807, 2.05) is 30.3 Å². The number of methoxy groups -OCH3 is 1. The smallest absolute Gasteiger partial charge is 0.247 e. The maximum absolute atomic E-state index is 12.8. The van der Waals surface area contributed by atoms with Gasteiger partial charge in [-0.15, -0.1) is 0 Å². The quantitative estimate of drug-likeness (QED) is 0.150. The fourth-order valence-electron chi connectivity index (χ4n) is 4.24. The van der Waals surface area contributed by atoms with Crippen LogP contribution in [0, 0.1) is 0 Å². The van der Waals surface area contributed by atoms with E-state index in [2.05, 4.69) is 51.2 Å². The molecular weight excluding hydrogens is 547 g/mol. The number of ether oxygens (including phenoxy) is 1. The highest BCUT2D eigenvalue weighted by molar-refractivity contribution is 7.70. The molecule has 0 spiro atoms. The molecular formula is C29H38ClN6O3P. The first-order valence-electron chi connectivity index (χ1n) is 13.2. The van der Waals surface area contributed by atoms with Crippen molar-refractivity contribution in [2.45, 2.75) is 26.7 Å². The minimum absolute atomic E-state index is 0.258. The summed E-state index contributed by atoms with van der Waals surface area (Å²) in [4.78, 5) is 23.5. The molecule has 0 saturated carbocycles. The zero-order chi connectivity index (χ0) is 29.3. The van der Waals surface area contributed by atoms with Crippen molar-refractivity contribution in [3.8, 4) is 5.75 Å². The monoisotopic (exact) mass is 584 g/mol. The first-order chi connectivity index (χ1) is 19.1. The molecule has 1 aromatic heterocycles. The van der Waals surface area contributed by atoms with Gasteiger partial charge < -0.3 is 30.2 Å². The third kappa shape index (κ3) is 8.31. The van der Waals surface area contributed by atoms with E-state index >= 15 is 0 Å². The molecule has 0 aliphatic carbocycles. The second kappa shape index (κ2) is 14.3. The summed E-state index contributed by atoms with van der Waals surface area (Å²) < 4.78 is 18.5. The lowest BCUT2D eigenvalue weighted by atomic mass is 10.0. The minimum Gasteiger partial charge on any atom is -0.495 e. The molecule has 3 aromatic rings. The second-order valence-corrected chi connectivity index (χ2v) is 13.1. The van der Waals surface area contributed by atoms with Crippen LogP contribution in [0.4, 0.5) is 28.8 Å². The van der Waals surface area contributed by atoms with Crippen molar-refractivity contribution in [2.75, 3.05) is 56.0 Å². The lowest BCUT2D eigenvalue weighted by Gasteiger charge is -2.20. The van der Waals surface area contributed by atoms with Gasteiger partial charge in [0, 0.05) is 11.0 Å². The molecule has 0 aliphatic heterocycles. The minimum atomic E-state index is -2.55. The van der Waals surface area contributed by atoms with Crippen LogP contribution in [0.5, 0.6) is 5.75 Å². The molecule has 3 N–H and O–H groups in total. The Morgan fingerprint density at radius 1 is 1.12 bits per heavy atom. The van der Waals surface area contributed by atoms with Gasteiger partial charge in [-0.3, -0.25) is 4.79 Å². The standard InChI is InChI=1S/C29H38ClN6O3P/c1-7-27(37)32-23-18-24(25(39-4)17-20(23)13-12-16-36(8-2)9-3)34-29-31-19-21(30)28(35-29)33-22-14-10-11-15-26(22)40(5,6)38/h7,10-11,14-15,17-19H,1,8-9,12-13,16H2,2-6H3,(H,32,37)(H2,31,33,34,35). The Morgan fingerprint density at radius 3 is 2.50 bits per heavy atom. The number of carbonyl (C=O) groups excluding carboxylic acids is 1. The Labute approximate surface area is 241 Å². The van der Waals surface area contributed by atoms with E-state index in [1.165, 1.54) is 12.3 Å². The van der Waals surface area contributed by atoms with Crippen molar-refractivity contribution in [1.82, 2.24) is 14.9 Å². The number of hydrogen-bond donors (Lipinski definition) is 3. The highest BCUT2D eigenvalue weighted by atomic mass is 35.5. The van der Waals surface area contributed by atoms with Gasteiger partial charge in [0.2, 0.25) is 11.9 Å². The predicted molar refractivity (Wildman–Crippen MR) is 167 cm³/mol. The summed E-state index contributed by atoms with van der Waals surface area (Å²) in [6.07, 6.45) is 4.39. The Kier molecular flexibility index (Phi) is 11.1. The number of nitrogens with one attached hydrogen (secondary N) is 3. The topological polar surface area (TPSA) is 108 Å². The molecule has 0 aliphatic rings. The number of amides is 1. The van der Waals surface area contributed by atoms with Crippen molar-refractivity contribution < 1.29 is 14.1 Å². The Balaban J connectivity index is 1.93. The molecule has 9 nitrogen and oxygen atoms in total. The maximum atomic E-state index is 12.8. The van der Waals surface area contributed by atoms with Crippen LogP contribution in [0.25, 0.3) is 0 Å². The van der Waals surface area contributed by atoms with Crippen LogP contribution in [-0.4, -0.2) is 60.8 Å². The highest BCUT2D eigenvalue weighted by Crippen LogP contribution is 2.39. The first kappa shape index (κ1) is 31.1. The van der Waals surface area contributed by atoms with Gasteiger partial charge in [0.05, 0.1) is 24.7 Å². The molecule has 11 heteroatoms. The number of rotatable bonds is 14. The SMILES string of the molecule is C=CC(=O)Nc1cc(Nc2ncc(Cl)c(Nc3ccccc3P(C)(C)=O)n2)c(OC)cc1CCCN(CC)CC. The van der Waals surface area contributed by atoms with Crippen molar-refractivity contribution in [3.05, 3.63) is 65.8 Å². The lowest BCUT2D eigenvalue weighted by molar-refractivity contribution is -0.111. The summed E-state index contributed by atoms with van der Waals surface area (Å²) in [6.45, 7) is 14.2. The van der Waals surface area contributed by atoms with E-state index in [4.69, 9.17) is 16.3 Å². The van der Waals surface area contributed by atoms with Gasteiger partial charge in [0.25, 0.3) is 0 Å². The summed E-state index contributed by atoms with van der Waals surface area (Å²) in [7, 11) is -0.967. The predicted octanol–water partition coefficient (Wildman–Crippen LogP) is 6.27. The Morgan fingerprint density at radius 2 is 1.85 bits per heavy atom. The first-order valence-corrected chi connectivity index (χ1v) is 16.1. The second-order valence-electron chi connectivity index (χ2n) is 9.54. The average Bonchev–Trinajstić information content (AvgIpc) is 2.93. The fraction of sp³-hybridized carbons (Fsp3) is 0.345.